The monoisotopic (exact) mass is 252 g/mol. The number of hydrogen-bond donors (Lipinski definition) is 1. The normalized spacial score (nSPS) is 18.4. The zero-order valence-corrected chi connectivity index (χ0v) is 10.1. The van der Waals surface area contributed by atoms with E-state index in [1.165, 1.54) is 10.8 Å². The predicted molar refractivity (Wildman–Crippen MR) is 60.9 cm³/mol. The third-order valence-electron chi connectivity index (χ3n) is 2.94. The Morgan fingerprint density at radius 2 is 2.18 bits per heavy atom. The van der Waals surface area contributed by atoms with Gasteiger partial charge >= 0.3 is 0 Å². The SMILES string of the molecule is CC1(NS(=O)(=O)c2cnn3ncccc23)CC1. The summed E-state index contributed by atoms with van der Waals surface area (Å²) in [6.07, 6.45) is 4.65. The van der Waals surface area contributed by atoms with Crippen molar-refractivity contribution in [2.24, 2.45) is 0 Å². The van der Waals surface area contributed by atoms with Gasteiger partial charge in [0.2, 0.25) is 10.0 Å². The Balaban J connectivity index is 2.08. The molecule has 0 radical (unpaired) electrons. The summed E-state index contributed by atoms with van der Waals surface area (Å²) in [5.74, 6) is 0. The van der Waals surface area contributed by atoms with Gasteiger partial charge in [-0.3, -0.25) is 0 Å². The Morgan fingerprint density at radius 1 is 1.41 bits per heavy atom. The van der Waals surface area contributed by atoms with Crippen molar-refractivity contribution in [3.8, 4) is 0 Å². The molecule has 0 amide bonds. The topological polar surface area (TPSA) is 76.4 Å². The van der Waals surface area contributed by atoms with Crippen molar-refractivity contribution in [3.05, 3.63) is 24.5 Å². The van der Waals surface area contributed by atoms with Crippen LogP contribution in [0.3, 0.4) is 0 Å². The summed E-state index contributed by atoms with van der Waals surface area (Å²) in [7, 11) is -3.51. The van der Waals surface area contributed by atoms with Crippen molar-refractivity contribution in [2.45, 2.75) is 30.2 Å². The Hall–Kier alpha value is -1.47. The third kappa shape index (κ3) is 1.81. The Bertz CT molecular complexity index is 672. The van der Waals surface area contributed by atoms with Gasteiger partial charge in [0, 0.05) is 11.7 Å². The molecule has 90 valence electrons. The van der Waals surface area contributed by atoms with Gasteiger partial charge in [-0.25, -0.2) is 13.1 Å². The first-order valence-corrected chi connectivity index (χ1v) is 6.82. The number of nitrogens with one attached hydrogen (secondary N) is 1. The summed E-state index contributed by atoms with van der Waals surface area (Å²) >= 11 is 0. The summed E-state index contributed by atoms with van der Waals surface area (Å²) in [4.78, 5) is 0.179. The first-order valence-electron chi connectivity index (χ1n) is 5.33. The lowest BCUT2D eigenvalue weighted by Gasteiger charge is -2.10. The fraction of sp³-hybridized carbons (Fsp3) is 0.400. The van der Waals surface area contributed by atoms with E-state index in [1.54, 1.807) is 18.3 Å². The minimum absolute atomic E-state index is 0.179. The van der Waals surface area contributed by atoms with Gasteiger partial charge in [0.1, 0.15) is 10.4 Å². The smallest absolute Gasteiger partial charge is 0.207 e. The molecular weight excluding hydrogens is 240 g/mol. The molecule has 0 saturated heterocycles. The van der Waals surface area contributed by atoms with Gasteiger partial charge in [-0.05, 0) is 31.9 Å². The van der Waals surface area contributed by atoms with E-state index in [4.69, 9.17) is 0 Å². The van der Waals surface area contributed by atoms with Crippen LogP contribution in [-0.4, -0.2) is 28.8 Å². The largest absolute Gasteiger partial charge is 0.244 e. The molecule has 2 heterocycles. The van der Waals surface area contributed by atoms with Gasteiger partial charge in [0.05, 0.1) is 6.20 Å². The molecule has 6 nitrogen and oxygen atoms in total. The molecule has 1 aliphatic carbocycles. The summed E-state index contributed by atoms with van der Waals surface area (Å²) in [5, 5.41) is 7.86. The van der Waals surface area contributed by atoms with E-state index in [2.05, 4.69) is 14.9 Å². The fourth-order valence-corrected chi connectivity index (χ4v) is 3.26. The first kappa shape index (κ1) is 10.7. The van der Waals surface area contributed by atoms with Crippen molar-refractivity contribution >= 4 is 15.5 Å². The van der Waals surface area contributed by atoms with Crippen LogP contribution in [-0.2, 0) is 10.0 Å². The summed E-state index contributed by atoms with van der Waals surface area (Å²) in [6.45, 7) is 1.90. The quantitative estimate of drug-likeness (QED) is 0.866. The number of rotatable bonds is 3. The van der Waals surface area contributed by atoms with E-state index in [-0.39, 0.29) is 10.4 Å². The zero-order chi connectivity index (χ0) is 12.1. The van der Waals surface area contributed by atoms with Crippen LogP contribution in [0.5, 0.6) is 0 Å². The maximum atomic E-state index is 12.2. The average Bonchev–Trinajstić information content (AvgIpc) is 2.82. The van der Waals surface area contributed by atoms with Gasteiger partial charge < -0.3 is 0 Å². The van der Waals surface area contributed by atoms with E-state index in [0.29, 0.717) is 5.52 Å². The molecule has 17 heavy (non-hydrogen) atoms. The third-order valence-corrected chi connectivity index (χ3v) is 4.59. The molecule has 3 rings (SSSR count). The highest BCUT2D eigenvalue weighted by Crippen LogP contribution is 2.36. The van der Waals surface area contributed by atoms with E-state index in [0.717, 1.165) is 12.8 Å². The molecule has 0 atom stereocenters. The van der Waals surface area contributed by atoms with Crippen LogP contribution < -0.4 is 4.72 Å². The maximum absolute atomic E-state index is 12.2. The second-order valence-corrected chi connectivity index (χ2v) is 6.22. The van der Waals surface area contributed by atoms with Crippen molar-refractivity contribution in [2.75, 3.05) is 0 Å². The molecule has 1 saturated carbocycles. The molecule has 0 aliphatic heterocycles. The molecule has 1 aliphatic rings. The van der Waals surface area contributed by atoms with Crippen molar-refractivity contribution in [1.29, 1.82) is 0 Å². The van der Waals surface area contributed by atoms with E-state index in [9.17, 15) is 8.42 Å². The minimum Gasteiger partial charge on any atom is -0.207 e. The predicted octanol–water partition coefficient (Wildman–Crippen LogP) is 0.560. The Kier molecular flexibility index (Phi) is 2.05. The highest BCUT2D eigenvalue weighted by molar-refractivity contribution is 7.89. The van der Waals surface area contributed by atoms with E-state index >= 15 is 0 Å². The molecule has 2 aromatic rings. The second kappa shape index (κ2) is 3.27. The second-order valence-electron chi connectivity index (χ2n) is 4.57. The van der Waals surface area contributed by atoms with Crippen molar-refractivity contribution < 1.29 is 8.42 Å². The van der Waals surface area contributed by atoms with Gasteiger partial charge in [0.15, 0.2) is 0 Å². The van der Waals surface area contributed by atoms with E-state index in [1.807, 2.05) is 6.92 Å². The molecule has 0 bridgehead atoms. The molecular formula is C10H12N4O2S. The van der Waals surface area contributed by atoms with Crippen LogP contribution in [0, 0.1) is 0 Å². The lowest BCUT2D eigenvalue weighted by Crippen LogP contribution is -2.34. The summed E-state index contributed by atoms with van der Waals surface area (Å²) in [5.41, 5.74) is 0.208. The lowest BCUT2D eigenvalue weighted by atomic mass is 10.4. The van der Waals surface area contributed by atoms with Crippen LogP contribution in [0.2, 0.25) is 0 Å². The Labute approximate surface area is 98.7 Å². The summed E-state index contributed by atoms with van der Waals surface area (Å²) < 4.78 is 28.3. The first-order chi connectivity index (χ1) is 8.00. The zero-order valence-electron chi connectivity index (χ0n) is 9.29. The Morgan fingerprint density at radius 3 is 2.88 bits per heavy atom. The van der Waals surface area contributed by atoms with Crippen molar-refractivity contribution in [3.63, 3.8) is 0 Å². The highest BCUT2D eigenvalue weighted by atomic mass is 32.2. The lowest BCUT2D eigenvalue weighted by molar-refractivity contribution is 0.559. The number of nitrogens with zero attached hydrogens (tertiary/aromatic N) is 3. The number of sulfonamides is 1. The van der Waals surface area contributed by atoms with Crippen LogP contribution in [0.1, 0.15) is 19.8 Å². The van der Waals surface area contributed by atoms with Crippen LogP contribution in [0.15, 0.2) is 29.4 Å². The van der Waals surface area contributed by atoms with Crippen LogP contribution in [0.4, 0.5) is 0 Å². The average molecular weight is 252 g/mol. The molecule has 2 aromatic heterocycles. The minimum atomic E-state index is -3.51. The molecule has 0 unspecified atom stereocenters. The number of fused-ring (bicyclic) bond motifs is 1. The number of aromatic nitrogens is 3. The van der Waals surface area contributed by atoms with Gasteiger partial charge in [-0.2, -0.15) is 14.8 Å². The van der Waals surface area contributed by atoms with Crippen LogP contribution in [0.25, 0.3) is 5.52 Å². The highest BCUT2D eigenvalue weighted by Gasteiger charge is 2.41. The molecule has 1 fully saturated rings. The number of hydrogen-bond acceptors (Lipinski definition) is 4. The van der Waals surface area contributed by atoms with Gasteiger partial charge in [-0.15, -0.1) is 0 Å². The van der Waals surface area contributed by atoms with Gasteiger partial charge in [0.25, 0.3) is 0 Å². The van der Waals surface area contributed by atoms with Crippen molar-refractivity contribution in [1.82, 2.24) is 19.5 Å². The molecule has 0 spiro atoms. The van der Waals surface area contributed by atoms with Gasteiger partial charge in [-0.1, -0.05) is 0 Å². The molecule has 0 aromatic carbocycles. The van der Waals surface area contributed by atoms with Crippen LogP contribution >= 0.6 is 0 Å². The standard InChI is InChI=1S/C10H12N4O2S/c1-10(4-5-10)13-17(15,16)9-7-12-14-8(9)3-2-6-11-14/h2-3,6-7,13H,4-5H2,1H3. The maximum Gasteiger partial charge on any atom is 0.244 e. The molecule has 7 heteroatoms. The molecule has 1 N–H and O–H groups in total. The van der Waals surface area contributed by atoms with E-state index < -0.39 is 10.0 Å². The summed E-state index contributed by atoms with van der Waals surface area (Å²) in [6, 6.07) is 3.37. The fourth-order valence-electron chi connectivity index (χ4n) is 1.69.